The zero-order valence-corrected chi connectivity index (χ0v) is 14.9. The molecular formula is C17H21N3O4S. The van der Waals surface area contributed by atoms with E-state index in [1.165, 1.54) is 12.1 Å². The lowest BCUT2D eigenvalue weighted by Crippen LogP contribution is -2.16. The van der Waals surface area contributed by atoms with Gasteiger partial charge in [-0.25, -0.2) is 13.6 Å². The molecule has 2 aromatic carbocycles. The van der Waals surface area contributed by atoms with Crippen LogP contribution in [0, 0.1) is 16.0 Å². The largest absolute Gasteiger partial charge is 0.373 e. The Balaban J connectivity index is 2.43. The van der Waals surface area contributed by atoms with Crippen LogP contribution in [0.3, 0.4) is 0 Å². The minimum atomic E-state index is -4.01. The lowest BCUT2D eigenvalue weighted by Gasteiger charge is -2.22. The predicted octanol–water partition coefficient (Wildman–Crippen LogP) is 3.44. The molecule has 8 heteroatoms. The Bertz CT molecular complexity index is 851. The van der Waals surface area contributed by atoms with E-state index in [0.717, 1.165) is 18.1 Å². The van der Waals surface area contributed by atoms with Crippen molar-refractivity contribution in [1.29, 1.82) is 0 Å². The van der Waals surface area contributed by atoms with Gasteiger partial charge in [-0.2, -0.15) is 0 Å². The number of hydrogen-bond donors (Lipinski definition) is 2. The number of benzene rings is 2. The molecule has 2 rings (SSSR count). The molecule has 134 valence electrons. The smallest absolute Gasteiger partial charge is 0.293 e. The third kappa shape index (κ3) is 5.01. The van der Waals surface area contributed by atoms with E-state index >= 15 is 0 Å². The van der Waals surface area contributed by atoms with Gasteiger partial charge in [-0.05, 0) is 30.0 Å². The highest BCUT2D eigenvalue weighted by Gasteiger charge is 2.22. The number of hydrogen-bond acceptors (Lipinski definition) is 5. The molecule has 0 spiro atoms. The molecular weight excluding hydrogens is 342 g/mol. The van der Waals surface area contributed by atoms with E-state index in [1.54, 1.807) is 0 Å². The predicted molar refractivity (Wildman–Crippen MR) is 96.7 cm³/mol. The molecule has 0 radical (unpaired) electrons. The van der Waals surface area contributed by atoms with Gasteiger partial charge in [0.1, 0.15) is 5.69 Å². The van der Waals surface area contributed by atoms with Crippen molar-refractivity contribution < 1.29 is 13.3 Å². The van der Waals surface area contributed by atoms with Crippen LogP contribution in [-0.2, 0) is 10.0 Å². The van der Waals surface area contributed by atoms with Gasteiger partial charge in [0.15, 0.2) is 0 Å². The van der Waals surface area contributed by atoms with E-state index in [4.69, 9.17) is 5.14 Å². The fourth-order valence-corrected chi connectivity index (χ4v) is 3.12. The van der Waals surface area contributed by atoms with Crippen molar-refractivity contribution in [2.24, 2.45) is 11.1 Å². The second kappa shape index (κ2) is 7.62. The van der Waals surface area contributed by atoms with Crippen molar-refractivity contribution >= 4 is 21.4 Å². The SMILES string of the molecule is CC(C)C[C@@H](Nc1ccc(S(N)(=O)=O)cc1[N+](=O)[O-])c1ccccc1. The highest BCUT2D eigenvalue weighted by molar-refractivity contribution is 7.89. The molecule has 0 saturated heterocycles. The van der Waals surface area contributed by atoms with Gasteiger partial charge in [0.2, 0.25) is 10.0 Å². The molecule has 0 aliphatic rings. The number of nitro benzene ring substituents is 1. The molecule has 1 atom stereocenters. The van der Waals surface area contributed by atoms with E-state index < -0.39 is 14.9 Å². The number of primary sulfonamides is 1. The third-order valence-corrected chi connectivity index (χ3v) is 4.64. The zero-order chi connectivity index (χ0) is 18.6. The van der Waals surface area contributed by atoms with Crippen molar-refractivity contribution in [2.75, 3.05) is 5.32 Å². The maximum atomic E-state index is 11.4. The molecule has 0 heterocycles. The number of rotatable bonds is 7. The van der Waals surface area contributed by atoms with Gasteiger partial charge in [-0.1, -0.05) is 44.2 Å². The van der Waals surface area contributed by atoms with E-state index in [2.05, 4.69) is 19.2 Å². The molecule has 0 amide bonds. The highest BCUT2D eigenvalue weighted by Crippen LogP contribution is 2.32. The third-order valence-electron chi connectivity index (χ3n) is 3.73. The van der Waals surface area contributed by atoms with Crippen LogP contribution in [0.15, 0.2) is 53.4 Å². The Kier molecular flexibility index (Phi) is 5.76. The standard InChI is InChI=1S/C17H21N3O4S/c1-12(2)10-16(13-6-4-3-5-7-13)19-15-9-8-14(25(18,23)24)11-17(15)20(21)22/h3-9,11-12,16,19H,10H2,1-2H3,(H2,18,23,24)/t16-/m1/s1. The Morgan fingerprint density at radius 2 is 1.80 bits per heavy atom. The quantitative estimate of drug-likeness (QED) is 0.577. The van der Waals surface area contributed by atoms with Gasteiger partial charge in [0, 0.05) is 6.07 Å². The maximum absolute atomic E-state index is 11.4. The molecule has 25 heavy (non-hydrogen) atoms. The Hall–Kier alpha value is -2.45. The average molecular weight is 363 g/mol. The summed E-state index contributed by atoms with van der Waals surface area (Å²) >= 11 is 0. The second-order valence-corrected chi connectivity index (χ2v) is 7.78. The topological polar surface area (TPSA) is 115 Å². The fraction of sp³-hybridized carbons (Fsp3) is 0.294. The lowest BCUT2D eigenvalue weighted by atomic mass is 9.96. The van der Waals surface area contributed by atoms with Crippen molar-refractivity contribution in [3.8, 4) is 0 Å². The summed E-state index contributed by atoms with van der Waals surface area (Å²) in [5, 5.41) is 19.6. The van der Waals surface area contributed by atoms with Crippen LogP contribution in [0.2, 0.25) is 0 Å². The number of anilines is 1. The van der Waals surface area contributed by atoms with Gasteiger partial charge in [0.25, 0.3) is 5.69 Å². The summed E-state index contributed by atoms with van der Waals surface area (Å²) in [5.74, 6) is 0.362. The minimum Gasteiger partial charge on any atom is -0.373 e. The van der Waals surface area contributed by atoms with Crippen LogP contribution in [0.5, 0.6) is 0 Å². The van der Waals surface area contributed by atoms with Crippen LogP contribution >= 0.6 is 0 Å². The highest BCUT2D eigenvalue weighted by atomic mass is 32.2. The Morgan fingerprint density at radius 3 is 2.32 bits per heavy atom. The van der Waals surface area contributed by atoms with Crippen LogP contribution in [0.25, 0.3) is 0 Å². The van der Waals surface area contributed by atoms with E-state index in [-0.39, 0.29) is 22.3 Å². The molecule has 0 saturated carbocycles. The number of nitro groups is 1. The van der Waals surface area contributed by atoms with Crippen LogP contribution in [-0.4, -0.2) is 13.3 Å². The summed E-state index contributed by atoms with van der Waals surface area (Å²) in [7, 11) is -4.01. The van der Waals surface area contributed by atoms with Gasteiger partial charge in [-0.3, -0.25) is 10.1 Å². The minimum absolute atomic E-state index is 0.139. The molecule has 2 aromatic rings. The van der Waals surface area contributed by atoms with E-state index in [1.807, 2.05) is 30.3 Å². The number of nitrogens with zero attached hydrogens (tertiary/aromatic N) is 1. The second-order valence-electron chi connectivity index (χ2n) is 6.22. The summed E-state index contributed by atoms with van der Waals surface area (Å²) in [6, 6.07) is 13.1. The molecule has 0 unspecified atom stereocenters. The van der Waals surface area contributed by atoms with Crippen molar-refractivity contribution in [3.63, 3.8) is 0 Å². The summed E-state index contributed by atoms with van der Waals surface area (Å²) in [6.07, 6.45) is 0.762. The maximum Gasteiger partial charge on any atom is 0.293 e. The van der Waals surface area contributed by atoms with Crippen LogP contribution in [0.1, 0.15) is 31.9 Å². The van der Waals surface area contributed by atoms with E-state index in [0.29, 0.717) is 5.92 Å². The summed E-state index contributed by atoms with van der Waals surface area (Å²) in [5.41, 5.74) is 0.934. The van der Waals surface area contributed by atoms with Gasteiger partial charge in [-0.15, -0.1) is 0 Å². The first-order valence-corrected chi connectivity index (χ1v) is 9.36. The first-order chi connectivity index (χ1) is 11.7. The molecule has 0 aromatic heterocycles. The van der Waals surface area contributed by atoms with Crippen molar-refractivity contribution in [1.82, 2.24) is 0 Å². The molecule has 0 aliphatic heterocycles. The monoisotopic (exact) mass is 363 g/mol. The summed E-state index contributed by atoms with van der Waals surface area (Å²) < 4.78 is 22.9. The summed E-state index contributed by atoms with van der Waals surface area (Å²) in [6.45, 7) is 4.13. The lowest BCUT2D eigenvalue weighted by molar-refractivity contribution is -0.384. The normalized spacial score (nSPS) is 12.8. The number of nitrogens with two attached hydrogens (primary N) is 1. The van der Waals surface area contributed by atoms with Crippen LogP contribution in [0.4, 0.5) is 11.4 Å². The molecule has 3 N–H and O–H groups in total. The number of nitrogens with one attached hydrogen (secondary N) is 1. The summed E-state index contributed by atoms with van der Waals surface area (Å²) in [4.78, 5) is 10.5. The average Bonchev–Trinajstić information content (AvgIpc) is 2.53. The van der Waals surface area contributed by atoms with Gasteiger partial charge >= 0.3 is 0 Å². The first kappa shape index (κ1) is 18.9. The number of sulfonamides is 1. The van der Waals surface area contributed by atoms with Crippen LogP contribution < -0.4 is 10.5 Å². The zero-order valence-electron chi connectivity index (χ0n) is 14.0. The van der Waals surface area contributed by atoms with Gasteiger partial charge in [0.05, 0.1) is 15.9 Å². The van der Waals surface area contributed by atoms with Gasteiger partial charge < -0.3 is 5.32 Å². The molecule has 0 bridgehead atoms. The van der Waals surface area contributed by atoms with E-state index in [9.17, 15) is 18.5 Å². The molecule has 7 nitrogen and oxygen atoms in total. The molecule has 0 fully saturated rings. The fourth-order valence-electron chi connectivity index (χ4n) is 2.58. The van der Waals surface area contributed by atoms with Crippen molar-refractivity contribution in [2.45, 2.75) is 31.2 Å². The Morgan fingerprint density at radius 1 is 1.16 bits per heavy atom. The molecule has 0 aliphatic carbocycles. The van der Waals surface area contributed by atoms with Crippen molar-refractivity contribution in [3.05, 3.63) is 64.2 Å². The first-order valence-electron chi connectivity index (χ1n) is 7.81. The Labute approximate surface area is 147 Å².